The molecule has 0 saturated carbocycles. The molecule has 102 valence electrons. The second kappa shape index (κ2) is 6.38. The molecule has 0 fully saturated rings. The summed E-state index contributed by atoms with van der Waals surface area (Å²) in [4.78, 5) is 11.5. The molecule has 0 saturated heterocycles. The van der Waals surface area contributed by atoms with E-state index < -0.39 is 0 Å². The van der Waals surface area contributed by atoms with Crippen LogP contribution in [0.4, 0.5) is 0 Å². The van der Waals surface area contributed by atoms with Crippen molar-refractivity contribution in [1.29, 1.82) is 0 Å². The molecule has 1 aromatic heterocycles. The number of rotatable bonds is 6. The molecule has 4 nitrogen and oxygen atoms in total. The molecule has 0 aliphatic rings. The second-order valence-electron chi connectivity index (χ2n) is 4.48. The fourth-order valence-corrected chi connectivity index (χ4v) is 3.24. The Morgan fingerprint density at radius 2 is 2.17 bits per heavy atom. The predicted molar refractivity (Wildman–Crippen MR) is 76.0 cm³/mol. The topological polar surface area (TPSA) is 57.2 Å². The van der Waals surface area contributed by atoms with Crippen LogP contribution in [-0.2, 0) is 11.3 Å². The van der Waals surface area contributed by atoms with Crippen LogP contribution in [0.3, 0.4) is 0 Å². The number of carbonyl (C=O) groups excluding carboxylic acids is 1. The third-order valence-corrected chi connectivity index (χ3v) is 4.15. The van der Waals surface area contributed by atoms with Gasteiger partial charge in [-0.2, -0.15) is 0 Å². The summed E-state index contributed by atoms with van der Waals surface area (Å²) in [6.45, 7) is 7.54. The van der Waals surface area contributed by atoms with Crippen molar-refractivity contribution in [1.82, 2.24) is 4.57 Å². The summed E-state index contributed by atoms with van der Waals surface area (Å²) in [7, 11) is 1.67. The molecule has 1 rings (SSSR count). The van der Waals surface area contributed by atoms with Gasteiger partial charge in [-0.25, -0.2) is 0 Å². The molecule has 0 aromatic carbocycles. The Labute approximate surface area is 117 Å². The fourth-order valence-electron chi connectivity index (χ4n) is 2.15. The number of hydrogen-bond donors (Lipinski definition) is 1. The maximum atomic E-state index is 11.5. The van der Waals surface area contributed by atoms with E-state index >= 15 is 0 Å². The van der Waals surface area contributed by atoms with Gasteiger partial charge in [0.05, 0.1) is 16.6 Å². The first-order valence-electron chi connectivity index (χ1n) is 6.12. The quantitative estimate of drug-likeness (QED) is 0.877. The van der Waals surface area contributed by atoms with Crippen LogP contribution in [0.1, 0.15) is 47.9 Å². The van der Waals surface area contributed by atoms with Crippen molar-refractivity contribution in [2.75, 3.05) is 13.7 Å². The van der Waals surface area contributed by atoms with Crippen LogP contribution in [0.2, 0.25) is 0 Å². The molecule has 5 heteroatoms. The number of hydrogen-bond acceptors (Lipinski definition) is 2. The first kappa shape index (κ1) is 15.2. The molecule has 18 heavy (non-hydrogen) atoms. The molecule has 1 amide bonds. The van der Waals surface area contributed by atoms with Gasteiger partial charge in [-0.1, -0.05) is 13.8 Å². The van der Waals surface area contributed by atoms with Crippen LogP contribution in [0.5, 0.6) is 0 Å². The lowest BCUT2D eigenvalue weighted by molar-refractivity contribution is 0.0998. The smallest absolute Gasteiger partial charge is 0.251 e. The van der Waals surface area contributed by atoms with Gasteiger partial charge < -0.3 is 15.0 Å². The number of methoxy groups -OCH3 is 1. The van der Waals surface area contributed by atoms with Gasteiger partial charge in [0.15, 0.2) is 0 Å². The SMILES string of the molecule is CCC(C)c1c(Br)c(C(N)=O)c(C)n1CCOC. The highest BCUT2D eigenvalue weighted by atomic mass is 79.9. The monoisotopic (exact) mass is 316 g/mol. The summed E-state index contributed by atoms with van der Waals surface area (Å²) in [5.74, 6) is -0.0249. The van der Waals surface area contributed by atoms with Crippen molar-refractivity contribution >= 4 is 21.8 Å². The summed E-state index contributed by atoms with van der Waals surface area (Å²) in [5.41, 5.74) is 8.07. The van der Waals surface area contributed by atoms with E-state index in [9.17, 15) is 4.79 Å². The van der Waals surface area contributed by atoms with Crippen LogP contribution in [-0.4, -0.2) is 24.2 Å². The Balaban J connectivity index is 3.36. The lowest BCUT2D eigenvalue weighted by Gasteiger charge is -2.16. The Kier molecular flexibility index (Phi) is 5.41. The van der Waals surface area contributed by atoms with Crippen molar-refractivity contribution in [3.05, 3.63) is 21.4 Å². The highest BCUT2D eigenvalue weighted by Gasteiger charge is 2.24. The molecule has 1 aromatic rings. The van der Waals surface area contributed by atoms with Gasteiger partial charge in [0.2, 0.25) is 0 Å². The van der Waals surface area contributed by atoms with Crippen LogP contribution in [0.15, 0.2) is 4.47 Å². The maximum Gasteiger partial charge on any atom is 0.251 e. The molecule has 1 unspecified atom stereocenters. The van der Waals surface area contributed by atoms with Crippen molar-refractivity contribution < 1.29 is 9.53 Å². The Morgan fingerprint density at radius 1 is 1.56 bits per heavy atom. The first-order valence-corrected chi connectivity index (χ1v) is 6.92. The van der Waals surface area contributed by atoms with Gasteiger partial charge in [-0.05, 0) is 35.2 Å². The lowest BCUT2D eigenvalue weighted by atomic mass is 10.0. The van der Waals surface area contributed by atoms with Gasteiger partial charge >= 0.3 is 0 Å². The zero-order chi connectivity index (χ0) is 13.9. The molecule has 0 spiro atoms. The molecule has 0 aliphatic heterocycles. The van der Waals surface area contributed by atoms with Gasteiger partial charge in [0.1, 0.15) is 0 Å². The second-order valence-corrected chi connectivity index (χ2v) is 5.27. The van der Waals surface area contributed by atoms with E-state index in [4.69, 9.17) is 10.5 Å². The number of amides is 1. The number of ether oxygens (including phenoxy) is 1. The number of aromatic nitrogens is 1. The van der Waals surface area contributed by atoms with Gasteiger partial charge in [-0.3, -0.25) is 4.79 Å². The summed E-state index contributed by atoms with van der Waals surface area (Å²) >= 11 is 3.52. The van der Waals surface area contributed by atoms with Crippen LogP contribution >= 0.6 is 15.9 Å². The van der Waals surface area contributed by atoms with E-state index in [1.165, 1.54) is 0 Å². The van der Waals surface area contributed by atoms with E-state index in [1.807, 2.05) is 6.92 Å². The molecule has 1 atom stereocenters. The first-order chi connectivity index (χ1) is 8.45. The van der Waals surface area contributed by atoms with Crippen LogP contribution in [0.25, 0.3) is 0 Å². The summed E-state index contributed by atoms with van der Waals surface area (Å²) in [6.07, 6.45) is 1.01. The third kappa shape index (κ3) is 2.78. The summed E-state index contributed by atoms with van der Waals surface area (Å²) in [6, 6.07) is 0. The Bertz CT molecular complexity index is 441. The van der Waals surface area contributed by atoms with E-state index in [2.05, 4.69) is 34.3 Å². The summed E-state index contributed by atoms with van der Waals surface area (Å²) < 4.78 is 8.08. The molecule has 2 N–H and O–H groups in total. The van der Waals surface area contributed by atoms with Crippen molar-refractivity contribution in [2.45, 2.75) is 39.7 Å². The molecular formula is C13H21BrN2O2. The number of nitrogens with zero attached hydrogens (tertiary/aromatic N) is 1. The standard InChI is InChI=1S/C13H21BrN2O2/c1-5-8(2)12-11(14)10(13(15)17)9(3)16(12)6-7-18-4/h8H,5-7H2,1-4H3,(H2,15,17). The number of primary amides is 1. The Hall–Kier alpha value is -0.810. The van der Waals surface area contributed by atoms with Crippen LogP contribution in [0, 0.1) is 6.92 Å². The van der Waals surface area contributed by atoms with E-state index in [-0.39, 0.29) is 5.91 Å². The van der Waals surface area contributed by atoms with Gasteiger partial charge in [0.25, 0.3) is 5.91 Å². The van der Waals surface area contributed by atoms with Crippen molar-refractivity contribution in [2.24, 2.45) is 5.73 Å². The lowest BCUT2D eigenvalue weighted by Crippen LogP contribution is -2.14. The van der Waals surface area contributed by atoms with E-state index in [1.54, 1.807) is 7.11 Å². The average molecular weight is 317 g/mol. The minimum Gasteiger partial charge on any atom is -0.383 e. The Morgan fingerprint density at radius 3 is 2.61 bits per heavy atom. The normalized spacial score (nSPS) is 12.7. The molecular weight excluding hydrogens is 296 g/mol. The fraction of sp³-hybridized carbons (Fsp3) is 0.615. The average Bonchev–Trinajstić information content (AvgIpc) is 2.57. The van der Waals surface area contributed by atoms with Crippen LogP contribution < -0.4 is 5.73 Å². The predicted octanol–water partition coefficient (Wildman–Crippen LogP) is 2.82. The maximum absolute atomic E-state index is 11.5. The molecule has 0 aliphatic carbocycles. The number of halogens is 1. The van der Waals surface area contributed by atoms with Gasteiger partial charge in [0, 0.05) is 25.0 Å². The molecule has 0 bridgehead atoms. The third-order valence-electron chi connectivity index (χ3n) is 3.35. The molecule has 0 radical (unpaired) electrons. The minimum absolute atomic E-state index is 0.364. The molecule has 1 heterocycles. The minimum atomic E-state index is -0.389. The number of carbonyl (C=O) groups is 1. The van der Waals surface area contributed by atoms with Crippen molar-refractivity contribution in [3.63, 3.8) is 0 Å². The van der Waals surface area contributed by atoms with E-state index in [0.717, 1.165) is 28.8 Å². The summed E-state index contributed by atoms with van der Waals surface area (Å²) in [5, 5.41) is 0. The van der Waals surface area contributed by atoms with E-state index in [0.29, 0.717) is 18.1 Å². The highest BCUT2D eigenvalue weighted by Crippen LogP contribution is 2.34. The van der Waals surface area contributed by atoms with Crippen molar-refractivity contribution in [3.8, 4) is 0 Å². The highest BCUT2D eigenvalue weighted by molar-refractivity contribution is 9.10. The zero-order valence-electron chi connectivity index (χ0n) is 11.4. The number of nitrogens with two attached hydrogens (primary N) is 1. The van der Waals surface area contributed by atoms with Gasteiger partial charge in [-0.15, -0.1) is 0 Å². The largest absolute Gasteiger partial charge is 0.383 e. The zero-order valence-corrected chi connectivity index (χ0v) is 13.0.